The van der Waals surface area contributed by atoms with Crippen LogP contribution in [0.15, 0.2) is 0 Å². The molecule has 4 aliphatic rings. The lowest BCUT2D eigenvalue weighted by molar-refractivity contribution is 0.167. The Balaban J connectivity index is 1.27. The third-order valence-electron chi connectivity index (χ3n) is 6.89. The molecular formula is C18H33N3O2S2. The van der Waals surface area contributed by atoms with Crippen molar-refractivity contribution >= 4 is 21.6 Å². The SMILES string of the molecule is CS(=O)(=O)C1CCC(C2CNC3CN(CC4CCCS4)NC3C2)CC1. The minimum atomic E-state index is -2.85. The predicted octanol–water partition coefficient (Wildman–Crippen LogP) is 1.65. The van der Waals surface area contributed by atoms with Crippen molar-refractivity contribution in [3.63, 3.8) is 0 Å². The van der Waals surface area contributed by atoms with E-state index in [0.29, 0.717) is 23.9 Å². The molecule has 4 fully saturated rings. The third kappa shape index (κ3) is 4.37. The Kier molecular flexibility index (Phi) is 5.68. The molecule has 2 N–H and O–H groups in total. The second kappa shape index (κ2) is 7.66. The Morgan fingerprint density at radius 3 is 2.56 bits per heavy atom. The number of piperidine rings is 1. The van der Waals surface area contributed by atoms with Crippen molar-refractivity contribution in [2.45, 2.75) is 67.5 Å². The molecule has 3 heterocycles. The molecule has 5 nitrogen and oxygen atoms in total. The maximum atomic E-state index is 11.8. The van der Waals surface area contributed by atoms with Gasteiger partial charge in [-0.1, -0.05) is 0 Å². The van der Waals surface area contributed by atoms with E-state index in [1.54, 1.807) is 0 Å². The Hall–Kier alpha value is 0.180. The Morgan fingerprint density at radius 2 is 1.88 bits per heavy atom. The van der Waals surface area contributed by atoms with E-state index in [1.807, 2.05) is 0 Å². The molecule has 0 bridgehead atoms. The van der Waals surface area contributed by atoms with Crippen LogP contribution >= 0.6 is 11.8 Å². The number of thioether (sulfide) groups is 1. The predicted molar refractivity (Wildman–Crippen MR) is 104 cm³/mol. The standard InChI is InChI=1S/C18H33N3O2S2/c1-25(22,23)16-6-4-13(5-7-16)14-9-17-18(19-10-14)12-21(20-17)11-15-3-2-8-24-15/h13-20H,2-12H2,1H3. The molecule has 4 unspecified atom stereocenters. The summed E-state index contributed by atoms with van der Waals surface area (Å²) in [5.41, 5.74) is 3.78. The van der Waals surface area contributed by atoms with Crippen LogP contribution in [0.3, 0.4) is 0 Å². The molecule has 25 heavy (non-hydrogen) atoms. The van der Waals surface area contributed by atoms with Gasteiger partial charge in [0.1, 0.15) is 9.84 Å². The van der Waals surface area contributed by atoms with Gasteiger partial charge in [-0.25, -0.2) is 13.4 Å². The highest BCUT2D eigenvalue weighted by molar-refractivity contribution is 8.00. The van der Waals surface area contributed by atoms with E-state index >= 15 is 0 Å². The summed E-state index contributed by atoms with van der Waals surface area (Å²) < 4.78 is 23.5. The lowest BCUT2D eigenvalue weighted by Crippen LogP contribution is -2.52. The van der Waals surface area contributed by atoms with Crippen molar-refractivity contribution in [1.29, 1.82) is 0 Å². The van der Waals surface area contributed by atoms with E-state index < -0.39 is 9.84 Å². The number of hydrazine groups is 1. The average Bonchev–Trinajstić information content (AvgIpc) is 3.22. The molecule has 3 aliphatic heterocycles. The molecule has 3 saturated heterocycles. The summed E-state index contributed by atoms with van der Waals surface area (Å²) in [6.07, 6.45) is 9.32. The van der Waals surface area contributed by atoms with E-state index in [-0.39, 0.29) is 5.25 Å². The van der Waals surface area contributed by atoms with Crippen molar-refractivity contribution in [3.05, 3.63) is 0 Å². The highest BCUT2D eigenvalue weighted by atomic mass is 32.2. The van der Waals surface area contributed by atoms with Gasteiger partial charge in [0.25, 0.3) is 0 Å². The van der Waals surface area contributed by atoms with Crippen molar-refractivity contribution in [3.8, 4) is 0 Å². The molecule has 0 radical (unpaired) electrons. The van der Waals surface area contributed by atoms with Gasteiger partial charge >= 0.3 is 0 Å². The zero-order valence-electron chi connectivity index (χ0n) is 15.3. The molecule has 1 aliphatic carbocycles. The number of hydrogen-bond acceptors (Lipinski definition) is 6. The molecule has 4 atom stereocenters. The summed E-state index contributed by atoms with van der Waals surface area (Å²) in [4.78, 5) is 0. The minimum absolute atomic E-state index is 0.0861. The lowest BCUT2D eigenvalue weighted by Gasteiger charge is -2.39. The van der Waals surface area contributed by atoms with Gasteiger partial charge < -0.3 is 5.32 Å². The number of hydrogen-bond donors (Lipinski definition) is 2. The monoisotopic (exact) mass is 387 g/mol. The molecule has 0 spiro atoms. The van der Waals surface area contributed by atoms with Crippen molar-refractivity contribution < 1.29 is 8.42 Å². The quantitative estimate of drug-likeness (QED) is 0.765. The molecule has 0 amide bonds. The molecular weight excluding hydrogens is 354 g/mol. The number of nitrogens with zero attached hydrogens (tertiary/aromatic N) is 1. The molecule has 0 aromatic carbocycles. The van der Waals surface area contributed by atoms with Gasteiger partial charge in [0.15, 0.2) is 0 Å². The number of nitrogens with one attached hydrogen (secondary N) is 2. The maximum absolute atomic E-state index is 11.8. The second-order valence-electron chi connectivity index (χ2n) is 8.65. The molecule has 1 saturated carbocycles. The highest BCUT2D eigenvalue weighted by Crippen LogP contribution is 2.37. The Labute approximate surface area is 156 Å². The molecule has 4 rings (SSSR count). The zero-order valence-corrected chi connectivity index (χ0v) is 17.0. The number of sulfone groups is 1. The normalized spacial score (nSPS) is 43.2. The van der Waals surface area contributed by atoms with Gasteiger partial charge in [0, 0.05) is 36.7 Å². The summed E-state index contributed by atoms with van der Waals surface area (Å²) in [5, 5.41) is 6.99. The van der Waals surface area contributed by atoms with Gasteiger partial charge in [-0.3, -0.25) is 5.43 Å². The van der Waals surface area contributed by atoms with Gasteiger partial charge in [-0.2, -0.15) is 11.8 Å². The van der Waals surface area contributed by atoms with E-state index in [4.69, 9.17) is 0 Å². The topological polar surface area (TPSA) is 61.4 Å². The second-order valence-corrected chi connectivity index (χ2v) is 12.4. The summed E-state index contributed by atoms with van der Waals surface area (Å²) in [7, 11) is -2.85. The van der Waals surface area contributed by atoms with Gasteiger partial charge in [0.05, 0.1) is 5.25 Å². The van der Waals surface area contributed by atoms with Crippen LogP contribution in [-0.4, -0.2) is 67.7 Å². The first-order chi connectivity index (χ1) is 12.0. The Morgan fingerprint density at radius 1 is 1.08 bits per heavy atom. The molecule has 144 valence electrons. The van der Waals surface area contributed by atoms with Crippen LogP contribution in [0.1, 0.15) is 44.9 Å². The van der Waals surface area contributed by atoms with Crippen LogP contribution in [-0.2, 0) is 9.84 Å². The third-order valence-corrected chi connectivity index (χ3v) is 9.95. The largest absolute Gasteiger partial charge is 0.311 e. The summed E-state index contributed by atoms with van der Waals surface area (Å²) >= 11 is 2.14. The van der Waals surface area contributed by atoms with Crippen LogP contribution < -0.4 is 10.7 Å². The fraction of sp³-hybridized carbons (Fsp3) is 1.00. The number of rotatable bonds is 4. The van der Waals surface area contributed by atoms with Crippen molar-refractivity contribution in [2.24, 2.45) is 11.8 Å². The van der Waals surface area contributed by atoms with E-state index in [2.05, 4.69) is 27.5 Å². The summed E-state index contributed by atoms with van der Waals surface area (Å²) in [5.74, 6) is 2.74. The first kappa shape index (κ1) is 18.5. The van der Waals surface area contributed by atoms with E-state index in [0.717, 1.165) is 44.0 Å². The van der Waals surface area contributed by atoms with E-state index in [9.17, 15) is 8.42 Å². The Bertz CT molecular complexity index is 557. The van der Waals surface area contributed by atoms with Crippen LogP contribution in [0.4, 0.5) is 0 Å². The first-order valence-electron chi connectivity index (χ1n) is 10.0. The van der Waals surface area contributed by atoms with Crippen LogP contribution in [0, 0.1) is 11.8 Å². The first-order valence-corrected chi connectivity index (χ1v) is 13.0. The fourth-order valence-corrected chi connectivity index (χ4v) is 7.80. The molecule has 0 aromatic rings. The van der Waals surface area contributed by atoms with Gasteiger partial charge in [-0.05, 0) is 69.1 Å². The summed E-state index contributed by atoms with van der Waals surface area (Å²) in [6, 6.07) is 1.16. The van der Waals surface area contributed by atoms with Crippen LogP contribution in [0.25, 0.3) is 0 Å². The average molecular weight is 388 g/mol. The fourth-order valence-electron chi connectivity index (χ4n) is 5.39. The molecule has 7 heteroatoms. The highest BCUT2D eigenvalue weighted by Gasteiger charge is 2.41. The molecule has 0 aromatic heterocycles. The van der Waals surface area contributed by atoms with Crippen LogP contribution in [0.2, 0.25) is 0 Å². The maximum Gasteiger partial charge on any atom is 0.150 e. The minimum Gasteiger partial charge on any atom is -0.311 e. The number of fused-ring (bicyclic) bond motifs is 1. The summed E-state index contributed by atoms with van der Waals surface area (Å²) in [6.45, 7) is 3.43. The zero-order chi connectivity index (χ0) is 17.4. The van der Waals surface area contributed by atoms with Crippen LogP contribution in [0.5, 0.6) is 0 Å². The van der Waals surface area contributed by atoms with Crippen molar-refractivity contribution in [2.75, 3.05) is 31.6 Å². The van der Waals surface area contributed by atoms with Gasteiger partial charge in [-0.15, -0.1) is 0 Å². The van der Waals surface area contributed by atoms with E-state index in [1.165, 1.54) is 37.8 Å². The smallest absolute Gasteiger partial charge is 0.150 e. The van der Waals surface area contributed by atoms with Gasteiger partial charge in [0.2, 0.25) is 0 Å². The van der Waals surface area contributed by atoms with Crippen molar-refractivity contribution in [1.82, 2.24) is 15.8 Å². The lowest BCUT2D eigenvalue weighted by atomic mass is 9.75.